The molecule has 0 N–H and O–H groups in total. The van der Waals surface area contributed by atoms with Crippen LogP contribution in [-0.2, 0) is 17.8 Å². The summed E-state index contributed by atoms with van der Waals surface area (Å²) < 4.78 is 26.1. The van der Waals surface area contributed by atoms with Gasteiger partial charge in [0, 0.05) is 36.6 Å². The smallest absolute Gasteiger partial charge is 0.256 e. The van der Waals surface area contributed by atoms with E-state index in [2.05, 4.69) is 9.97 Å². The number of aromatic nitrogens is 2. The third kappa shape index (κ3) is 4.35. The van der Waals surface area contributed by atoms with E-state index in [-0.39, 0.29) is 11.9 Å². The number of hydrogen-bond acceptors (Lipinski definition) is 5. The summed E-state index contributed by atoms with van der Waals surface area (Å²) in [4.78, 5) is 24.1. The fourth-order valence-electron chi connectivity index (χ4n) is 3.97. The number of carbonyl (C=O) groups excluding carboxylic acids is 1. The molecule has 2 heterocycles. The molecule has 2 aromatic heterocycles. The number of hydrogen-bond donors (Lipinski definition) is 0. The Bertz CT molecular complexity index is 1320. The van der Waals surface area contributed by atoms with Crippen LogP contribution in [0.1, 0.15) is 28.8 Å². The monoisotopic (exact) mass is 457 g/mol. The van der Waals surface area contributed by atoms with Crippen molar-refractivity contribution in [2.45, 2.75) is 25.4 Å². The van der Waals surface area contributed by atoms with Gasteiger partial charge in [-0.05, 0) is 48.7 Å². The summed E-state index contributed by atoms with van der Waals surface area (Å²) in [6.07, 6.45) is 6.92. The zero-order valence-electron chi connectivity index (χ0n) is 17.7. The van der Waals surface area contributed by atoms with Gasteiger partial charge in [0.25, 0.3) is 5.91 Å². The zero-order valence-corrected chi connectivity index (χ0v) is 18.5. The number of nitrogens with zero attached hydrogens (tertiary/aromatic N) is 4. The summed E-state index contributed by atoms with van der Waals surface area (Å²) >= 11 is -2.67. The van der Waals surface area contributed by atoms with Crippen LogP contribution < -0.4 is 4.31 Å². The van der Waals surface area contributed by atoms with Crippen LogP contribution in [0.5, 0.6) is 0 Å². The first-order valence-corrected chi connectivity index (χ1v) is 11.7. The highest BCUT2D eigenvalue weighted by Gasteiger charge is 2.34. The summed E-state index contributed by atoms with van der Waals surface area (Å²) in [5, 5.41) is 0.811. The van der Waals surface area contributed by atoms with Crippen molar-refractivity contribution in [2.24, 2.45) is 0 Å². The van der Waals surface area contributed by atoms with Crippen molar-refractivity contribution in [1.82, 2.24) is 14.9 Å². The summed E-state index contributed by atoms with van der Waals surface area (Å²) in [6.45, 7) is 0.419. The van der Waals surface area contributed by atoms with Crippen LogP contribution in [0.25, 0.3) is 10.9 Å². The van der Waals surface area contributed by atoms with Crippen LogP contribution in [0.4, 0.5) is 11.4 Å². The Hall–Kier alpha value is -3.62. The summed E-state index contributed by atoms with van der Waals surface area (Å²) in [7, 11) is 0. The maximum atomic E-state index is 13.7. The molecule has 1 amide bonds. The van der Waals surface area contributed by atoms with Crippen molar-refractivity contribution in [2.75, 3.05) is 4.31 Å². The molecule has 0 saturated heterocycles. The van der Waals surface area contributed by atoms with Gasteiger partial charge in [-0.25, -0.2) is 0 Å². The Labute approximate surface area is 194 Å². The SMILES string of the molecule is O=C(c1ccccc1N(c1cccc2cccnc12)S(=O)[O-])N(Cc1cccnc1)C1CC1. The second-order valence-corrected chi connectivity index (χ2v) is 8.71. The molecule has 1 aliphatic rings. The highest BCUT2D eigenvalue weighted by Crippen LogP contribution is 2.36. The number of rotatable bonds is 7. The van der Waals surface area contributed by atoms with E-state index in [0.29, 0.717) is 29.0 Å². The Kier molecular flexibility index (Phi) is 5.85. The number of amides is 1. The maximum absolute atomic E-state index is 13.7. The number of carbonyl (C=O) groups is 1. The molecule has 0 aliphatic heterocycles. The van der Waals surface area contributed by atoms with Gasteiger partial charge in [-0.1, -0.05) is 36.4 Å². The molecule has 4 aromatic rings. The number of anilines is 2. The molecule has 1 aliphatic carbocycles. The average Bonchev–Trinajstić information content (AvgIpc) is 3.69. The Morgan fingerprint density at radius 1 is 0.970 bits per heavy atom. The first-order valence-electron chi connectivity index (χ1n) is 10.7. The molecular formula is C25H21N4O3S-. The number of benzene rings is 2. The average molecular weight is 458 g/mol. The molecular weight excluding hydrogens is 436 g/mol. The highest BCUT2D eigenvalue weighted by molar-refractivity contribution is 7.81. The standard InChI is InChI=1S/C25H22N4O3S/c30-25(28(20-12-13-20)17-18-6-4-14-26-16-18)21-9-1-2-10-22(21)29(33(31)32)23-11-3-7-19-8-5-15-27-24(19)23/h1-11,14-16,20H,12-13,17H2,(H,31,32)/p-1. The van der Waals surface area contributed by atoms with Crippen LogP contribution >= 0.6 is 0 Å². The molecule has 166 valence electrons. The van der Waals surface area contributed by atoms with Crippen molar-refractivity contribution in [3.63, 3.8) is 0 Å². The van der Waals surface area contributed by atoms with Crippen molar-refractivity contribution < 1.29 is 13.6 Å². The topological polar surface area (TPSA) is 89.5 Å². The third-order valence-electron chi connectivity index (χ3n) is 5.66. The largest absolute Gasteiger partial charge is 0.755 e. The summed E-state index contributed by atoms with van der Waals surface area (Å²) in [5.41, 5.74) is 2.49. The first-order chi connectivity index (χ1) is 16.1. The molecule has 2 aromatic carbocycles. The molecule has 0 spiro atoms. The van der Waals surface area contributed by atoms with Crippen molar-refractivity contribution in [3.05, 3.63) is 96.4 Å². The Morgan fingerprint density at radius 2 is 1.73 bits per heavy atom. The summed E-state index contributed by atoms with van der Waals surface area (Å²) in [6, 6.07) is 19.7. The molecule has 0 radical (unpaired) electrons. The van der Waals surface area contributed by atoms with E-state index in [1.165, 1.54) is 0 Å². The van der Waals surface area contributed by atoms with Crippen LogP contribution in [0.15, 0.2) is 85.3 Å². The van der Waals surface area contributed by atoms with E-state index in [9.17, 15) is 13.6 Å². The minimum atomic E-state index is -2.67. The molecule has 1 unspecified atom stereocenters. The maximum Gasteiger partial charge on any atom is 0.256 e. The van der Waals surface area contributed by atoms with Gasteiger partial charge in [-0.2, -0.15) is 0 Å². The van der Waals surface area contributed by atoms with Gasteiger partial charge in [0.15, 0.2) is 0 Å². The molecule has 0 bridgehead atoms. The van der Waals surface area contributed by atoms with Crippen LogP contribution in [0.3, 0.4) is 0 Å². The predicted octanol–water partition coefficient (Wildman–Crippen LogP) is 4.37. The second-order valence-electron chi connectivity index (χ2n) is 7.91. The normalized spacial score (nSPS) is 14.1. The predicted molar refractivity (Wildman–Crippen MR) is 126 cm³/mol. The lowest BCUT2D eigenvalue weighted by Crippen LogP contribution is -2.34. The molecule has 5 rings (SSSR count). The van der Waals surface area contributed by atoms with Gasteiger partial charge in [0.2, 0.25) is 0 Å². The first kappa shape index (κ1) is 21.2. The van der Waals surface area contributed by atoms with Crippen LogP contribution in [0, 0.1) is 0 Å². The molecule has 7 nitrogen and oxygen atoms in total. The van der Waals surface area contributed by atoms with Gasteiger partial charge in [-0.3, -0.25) is 23.3 Å². The zero-order chi connectivity index (χ0) is 22.8. The minimum absolute atomic E-state index is 0.135. The van der Waals surface area contributed by atoms with E-state index in [0.717, 1.165) is 28.1 Å². The molecule has 1 saturated carbocycles. The number of fused-ring (bicyclic) bond motifs is 1. The van der Waals surface area contributed by atoms with E-state index < -0.39 is 11.3 Å². The van der Waals surface area contributed by atoms with Crippen molar-refractivity contribution in [1.29, 1.82) is 0 Å². The molecule has 1 atom stereocenters. The van der Waals surface area contributed by atoms with Crippen LogP contribution in [-0.4, -0.2) is 35.6 Å². The highest BCUT2D eigenvalue weighted by atomic mass is 32.2. The van der Waals surface area contributed by atoms with Crippen LogP contribution in [0.2, 0.25) is 0 Å². The minimum Gasteiger partial charge on any atom is -0.755 e. The second kappa shape index (κ2) is 9.09. The van der Waals surface area contributed by atoms with Gasteiger partial charge in [0.05, 0.1) is 33.7 Å². The Morgan fingerprint density at radius 3 is 2.48 bits per heavy atom. The molecule has 8 heteroatoms. The lowest BCUT2D eigenvalue weighted by molar-refractivity contribution is 0.0730. The van der Waals surface area contributed by atoms with Gasteiger partial charge >= 0.3 is 0 Å². The fourth-order valence-corrected chi connectivity index (χ4v) is 4.60. The Balaban J connectivity index is 1.58. The molecule has 1 fully saturated rings. The summed E-state index contributed by atoms with van der Waals surface area (Å²) in [5.74, 6) is -0.208. The van der Waals surface area contributed by atoms with Gasteiger partial charge < -0.3 is 9.45 Å². The van der Waals surface area contributed by atoms with E-state index in [1.54, 1.807) is 61.1 Å². The third-order valence-corrected chi connectivity index (χ3v) is 6.35. The lowest BCUT2D eigenvalue weighted by atomic mass is 10.1. The van der Waals surface area contributed by atoms with E-state index in [4.69, 9.17) is 0 Å². The number of para-hydroxylation sites is 2. The van der Waals surface area contributed by atoms with E-state index in [1.807, 2.05) is 29.2 Å². The van der Waals surface area contributed by atoms with Gasteiger partial charge in [-0.15, -0.1) is 0 Å². The van der Waals surface area contributed by atoms with Gasteiger partial charge in [0.1, 0.15) is 0 Å². The van der Waals surface area contributed by atoms with Crippen molar-refractivity contribution in [3.8, 4) is 0 Å². The molecule has 33 heavy (non-hydrogen) atoms. The fraction of sp³-hybridized carbons (Fsp3) is 0.160. The lowest BCUT2D eigenvalue weighted by Gasteiger charge is -2.30. The van der Waals surface area contributed by atoms with Crippen molar-refractivity contribution >= 4 is 39.5 Å². The quantitative estimate of drug-likeness (QED) is 0.385. The van der Waals surface area contributed by atoms with E-state index >= 15 is 0 Å². The number of pyridine rings is 2.